The second-order valence-electron chi connectivity index (χ2n) is 3.96. The number of hydrogen-bond acceptors (Lipinski definition) is 2. The Bertz CT molecular complexity index is 157. The molecule has 2 atom stereocenters. The van der Waals surface area contributed by atoms with Crippen LogP contribution in [0.1, 0.15) is 25.7 Å². The lowest BCUT2D eigenvalue weighted by molar-refractivity contribution is 0.111. The van der Waals surface area contributed by atoms with Gasteiger partial charge in [-0.3, -0.25) is 0 Å². The van der Waals surface area contributed by atoms with E-state index >= 15 is 0 Å². The minimum atomic E-state index is 0.344. The molecule has 0 aliphatic carbocycles. The van der Waals surface area contributed by atoms with Crippen molar-refractivity contribution in [2.45, 2.75) is 37.3 Å². The van der Waals surface area contributed by atoms with Gasteiger partial charge < -0.3 is 10.1 Å². The molecule has 12 heavy (non-hydrogen) atoms. The number of ether oxygens (including phenoxy) is 1. The largest absolute Gasteiger partial charge is 0.375 e. The monoisotopic (exact) mass is 233 g/mol. The van der Waals surface area contributed by atoms with Crippen LogP contribution in [0.5, 0.6) is 0 Å². The molecule has 0 aromatic heterocycles. The summed E-state index contributed by atoms with van der Waals surface area (Å²) >= 11 is 3.47. The van der Waals surface area contributed by atoms with Gasteiger partial charge in [-0.1, -0.05) is 22.4 Å². The molecular formula is C9H16BrNO. The Hall–Kier alpha value is 0.400. The van der Waals surface area contributed by atoms with E-state index in [1.54, 1.807) is 0 Å². The predicted molar refractivity (Wildman–Crippen MR) is 52.7 cm³/mol. The minimum Gasteiger partial charge on any atom is -0.375 e. The lowest BCUT2D eigenvalue weighted by atomic mass is 9.87. The van der Waals surface area contributed by atoms with Crippen molar-refractivity contribution in [3.63, 3.8) is 0 Å². The molecule has 2 aliphatic rings. The third-order valence-corrected chi connectivity index (χ3v) is 3.69. The summed E-state index contributed by atoms with van der Waals surface area (Å²) in [6.07, 6.45) is 5.64. The van der Waals surface area contributed by atoms with Crippen LogP contribution in [0.2, 0.25) is 0 Å². The van der Waals surface area contributed by atoms with Crippen LogP contribution >= 0.6 is 15.9 Å². The Labute approximate surface area is 82.2 Å². The summed E-state index contributed by atoms with van der Waals surface area (Å²) in [5.74, 6) is 0. The predicted octanol–water partition coefficient (Wildman–Crippen LogP) is 1.68. The first-order chi connectivity index (χ1) is 5.85. The summed E-state index contributed by atoms with van der Waals surface area (Å²) in [5, 5.41) is 4.60. The van der Waals surface area contributed by atoms with Gasteiger partial charge in [0.1, 0.15) is 0 Å². The normalized spacial score (nSPS) is 42.2. The molecule has 2 rings (SSSR count). The van der Waals surface area contributed by atoms with Gasteiger partial charge in [0.2, 0.25) is 0 Å². The van der Waals surface area contributed by atoms with E-state index in [1.807, 2.05) is 0 Å². The smallest absolute Gasteiger partial charge is 0.0691 e. The molecule has 0 unspecified atom stereocenters. The molecule has 2 fully saturated rings. The molecule has 70 valence electrons. The van der Waals surface area contributed by atoms with Crippen molar-refractivity contribution in [2.75, 3.05) is 18.5 Å². The van der Waals surface area contributed by atoms with Crippen molar-refractivity contribution in [1.82, 2.24) is 5.32 Å². The summed E-state index contributed by atoms with van der Waals surface area (Å²) in [6, 6.07) is 0. The highest BCUT2D eigenvalue weighted by molar-refractivity contribution is 9.09. The molecule has 0 radical (unpaired) electrons. The van der Waals surface area contributed by atoms with E-state index in [0.29, 0.717) is 11.6 Å². The molecule has 0 aromatic carbocycles. The maximum atomic E-state index is 5.69. The van der Waals surface area contributed by atoms with E-state index < -0.39 is 0 Å². The van der Waals surface area contributed by atoms with Crippen LogP contribution in [0, 0.1) is 0 Å². The highest BCUT2D eigenvalue weighted by Gasteiger charge is 2.40. The first-order valence-corrected chi connectivity index (χ1v) is 5.89. The van der Waals surface area contributed by atoms with E-state index in [9.17, 15) is 0 Å². The molecule has 1 spiro atoms. The van der Waals surface area contributed by atoms with Gasteiger partial charge in [-0.2, -0.15) is 0 Å². The van der Waals surface area contributed by atoms with E-state index in [4.69, 9.17) is 4.74 Å². The van der Waals surface area contributed by atoms with E-state index in [-0.39, 0.29) is 0 Å². The Morgan fingerprint density at radius 3 is 3.00 bits per heavy atom. The second-order valence-corrected chi connectivity index (χ2v) is 4.60. The van der Waals surface area contributed by atoms with Crippen LogP contribution in [-0.4, -0.2) is 30.1 Å². The summed E-state index contributed by atoms with van der Waals surface area (Å²) in [6.45, 7) is 2.10. The standard InChI is InChI=1S/C9H16BrNO/c10-6-8-5-9(7-12-8)3-1-2-4-11-9/h8,11H,1-7H2/t8-,9+/m0/s1. The van der Waals surface area contributed by atoms with Crippen LogP contribution in [0.4, 0.5) is 0 Å². The Balaban J connectivity index is 1.94. The number of piperidine rings is 1. The van der Waals surface area contributed by atoms with Crippen molar-refractivity contribution >= 4 is 15.9 Å². The molecule has 1 N–H and O–H groups in total. The van der Waals surface area contributed by atoms with E-state index in [2.05, 4.69) is 21.2 Å². The van der Waals surface area contributed by atoms with Gasteiger partial charge in [0.05, 0.1) is 12.7 Å². The van der Waals surface area contributed by atoms with Gasteiger partial charge in [0, 0.05) is 10.9 Å². The molecule has 0 amide bonds. The van der Waals surface area contributed by atoms with Gasteiger partial charge in [-0.15, -0.1) is 0 Å². The van der Waals surface area contributed by atoms with Gasteiger partial charge in [0.15, 0.2) is 0 Å². The van der Waals surface area contributed by atoms with Crippen molar-refractivity contribution in [1.29, 1.82) is 0 Å². The maximum absolute atomic E-state index is 5.69. The summed E-state index contributed by atoms with van der Waals surface area (Å²) in [5.41, 5.74) is 0.344. The van der Waals surface area contributed by atoms with E-state index in [0.717, 1.165) is 11.9 Å². The molecule has 2 nitrogen and oxygen atoms in total. The van der Waals surface area contributed by atoms with Crippen molar-refractivity contribution in [3.05, 3.63) is 0 Å². The Morgan fingerprint density at radius 2 is 2.42 bits per heavy atom. The molecule has 2 aliphatic heterocycles. The van der Waals surface area contributed by atoms with Gasteiger partial charge in [-0.05, 0) is 25.8 Å². The highest BCUT2D eigenvalue weighted by Crippen LogP contribution is 2.31. The van der Waals surface area contributed by atoms with Gasteiger partial charge >= 0.3 is 0 Å². The highest BCUT2D eigenvalue weighted by atomic mass is 79.9. The van der Waals surface area contributed by atoms with Crippen LogP contribution in [-0.2, 0) is 4.74 Å². The average molecular weight is 234 g/mol. The molecule has 2 heterocycles. The molecule has 0 bridgehead atoms. The molecular weight excluding hydrogens is 218 g/mol. The van der Waals surface area contributed by atoms with Gasteiger partial charge in [0.25, 0.3) is 0 Å². The third kappa shape index (κ3) is 1.68. The summed E-state index contributed by atoms with van der Waals surface area (Å²) in [7, 11) is 0. The SMILES string of the molecule is BrC[C@@H]1C[C@]2(CCCCN2)CO1. The second kappa shape index (κ2) is 3.64. The zero-order chi connectivity index (χ0) is 8.44. The zero-order valence-electron chi connectivity index (χ0n) is 7.31. The summed E-state index contributed by atoms with van der Waals surface area (Å²) in [4.78, 5) is 0. The average Bonchev–Trinajstić information content (AvgIpc) is 2.50. The maximum Gasteiger partial charge on any atom is 0.0691 e. The quantitative estimate of drug-likeness (QED) is 0.697. The van der Waals surface area contributed by atoms with E-state index in [1.165, 1.54) is 32.2 Å². The number of halogens is 1. The number of alkyl halides is 1. The zero-order valence-corrected chi connectivity index (χ0v) is 8.90. The van der Waals surface area contributed by atoms with Gasteiger partial charge in [-0.25, -0.2) is 0 Å². The van der Waals surface area contributed by atoms with Crippen molar-refractivity contribution in [3.8, 4) is 0 Å². The summed E-state index contributed by atoms with van der Waals surface area (Å²) < 4.78 is 5.69. The first kappa shape index (κ1) is 8.97. The van der Waals surface area contributed by atoms with Crippen LogP contribution in [0.3, 0.4) is 0 Å². The van der Waals surface area contributed by atoms with Crippen molar-refractivity contribution < 1.29 is 4.74 Å². The lowest BCUT2D eigenvalue weighted by Gasteiger charge is -2.33. The molecule has 0 saturated carbocycles. The fraction of sp³-hybridized carbons (Fsp3) is 1.00. The minimum absolute atomic E-state index is 0.344. The number of nitrogens with one attached hydrogen (secondary N) is 1. The number of rotatable bonds is 1. The fourth-order valence-electron chi connectivity index (χ4n) is 2.26. The first-order valence-electron chi connectivity index (χ1n) is 4.77. The topological polar surface area (TPSA) is 21.3 Å². The Morgan fingerprint density at radius 1 is 1.50 bits per heavy atom. The van der Waals surface area contributed by atoms with Crippen LogP contribution in [0.25, 0.3) is 0 Å². The fourth-order valence-corrected chi connectivity index (χ4v) is 2.67. The molecule has 3 heteroatoms. The number of hydrogen-bond donors (Lipinski definition) is 1. The molecule has 0 aromatic rings. The van der Waals surface area contributed by atoms with Crippen molar-refractivity contribution in [2.24, 2.45) is 0 Å². The van der Waals surface area contributed by atoms with Crippen LogP contribution in [0.15, 0.2) is 0 Å². The third-order valence-electron chi connectivity index (χ3n) is 2.97. The van der Waals surface area contributed by atoms with Crippen LogP contribution < -0.4 is 5.32 Å². The lowest BCUT2D eigenvalue weighted by Crippen LogP contribution is -2.49. The molecule has 2 saturated heterocycles. The Kier molecular flexibility index (Phi) is 2.72.